The zero-order chi connectivity index (χ0) is 14.2. The Morgan fingerprint density at radius 3 is 2.85 bits per heavy atom. The van der Waals surface area contributed by atoms with Gasteiger partial charge in [0.2, 0.25) is 0 Å². The minimum Gasteiger partial charge on any atom is -0.309 e. The molecule has 0 aliphatic rings. The lowest BCUT2D eigenvalue weighted by Gasteiger charge is -2.14. The van der Waals surface area contributed by atoms with Gasteiger partial charge in [-0.2, -0.15) is 15.0 Å². The van der Waals surface area contributed by atoms with E-state index in [4.69, 9.17) is 6.42 Å². The SMILES string of the molecule is C#CCCCC(NCC)c1cnn(-c2ccccc2)n1. The quantitative estimate of drug-likeness (QED) is 0.620. The van der Waals surface area contributed by atoms with Gasteiger partial charge in [-0.1, -0.05) is 25.1 Å². The molecule has 20 heavy (non-hydrogen) atoms. The number of para-hydroxylation sites is 1. The fourth-order valence-corrected chi connectivity index (χ4v) is 2.13. The van der Waals surface area contributed by atoms with Crippen molar-refractivity contribution in [2.24, 2.45) is 0 Å². The van der Waals surface area contributed by atoms with E-state index in [9.17, 15) is 0 Å². The Hall–Kier alpha value is -2.12. The summed E-state index contributed by atoms with van der Waals surface area (Å²) in [5, 5.41) is 12.4. The van der Waals surface area contributed by atoms with E-state index < -0.39 is 0 Å². The summed E-state index contributed by atoms with van der Waals surface area (Å²) in [6.45, 7) is 2.99. The first-order valence-corrected chi connectivity index (χ1v) is 6.99. The van der Waals surface area contributed by atoms with Gasteiger partial charge in [-0.05, 0) is 31.5 Å². The summed E-state index contributed by atoms with van der Waals surface area (Å²) in [6.07, 6.45) is 9.91. The number of terminal acetylenes is 1. The first-order chi connectivity index (χ1) is 9.85. The maximum absolute atomic E-state index is 5.31. The molecule has 4 heteroatoms. The van der Waals surface area contributed by atoms with Gasteiger partial charge in [0, 0.05) is 6.42 Å². The molecule has 0 aliphatic heterocycles. The highest BCUT2D eigenvalue weighted by Crippen LogP contribution is 2.17. The molecule has 0 saturated heterocycles. The largest absolute Gasteiger partial charge is 0.309 e. The van der Waals surface area contributed by atoms with Crippen molar-refractivity contribution in [2.75, 3.05) is 6.54 Å². The molecule has 4 nitrogen and oxygen atoms in total. The van der Waals surface area contributed by atoms with Crippen LogP contribution in [0.5, 0.6) is 0 Å². The monoisotopic (exact) mass is 268 g/mol. The fourth-order valence-electron chi connectivity index (χ4n) is 2.13. The van der Waals surface area contributed by atoms with Gasteiger partial charge in [-0.3, -0.25) is 0 Å². The van der Waals surface area contributed by atoms with Crippen molar-refractivity contribution in [1.82, 2.24) is 20.3 Å². The molecule has 1 atom stereocenters. The average molecular weight is 268 g/mol. The third kappa shape index (κ3) is 3.69. The molecule has 0 radical (unpaired) electrons. The van der Waals surface area contributed by atoms with Crippen molar-refractivity contribution < 1.29 is 0 Å². The van der Waals surface area contributed by atoms with E-state index in [-0.39, 0.29) is 6.04 Å². The number of nitrogens with zero attached hydrogens (tertiary/aromatic N) is 3. The Balaban J connectivity index is 2.10. The predicted octanol–water partition coefficient (Wildman–Crippen LogP) is 2.72. The van der Waals surface area contributed by atoms with E-state index in [1.165, 1.54) is 0 Å². The van der Waals surface area contributed by atoms with Gasteiger partial charge >= 0.3 is 0 Å². The molecule has 1 heterocycles. The molecule has 0 saturated carbocycles. The van der Waals surface area contributed by atoms with Crippen molar-refractivity contribution in [3.8, 4) is 18.0 Å². The molecule has 104 valence electrons. The lowest BCUT2D eigenvalue weighted by molar-refractivity contribution is 0.487. The summed E-state index contributed by atoms with van der Waals surface area (Å²) < 4.78 is 0. The highest BCUT2D eigenvalue weighted by Gasteiger charge is 2.14. The van der Waals surface area contributed by atoms with E-state index in [1.807, 2.05) is 36.5 Å². The molecule has 0 aliphatic carbocycles. The van der Waals surface area contributed by atoms with Crippen LogP contribution in [0.15, 0.2) is 36.5 Å². The maximum atomic E-state index is 5.31. The second-order valence-electron chi connectivity index (χ2n) is 4.60. The van der Waals surface area contributed by atoms with Crippen LogP contribution >= 0.6 is 0 Å². The van der Waals surface area contributed by atoms with Gasteiger partial charge in [0.25, 0.3) is 0 Å². The summed E-state index contributed by atoms with van der Waals surface area (Å²) in [4.78, 5) is 1.67. The average Bonchev–Trinajstić information content (AvgIpc) is 2.97. The third-order valence-electron chi connectivity index (χ3n) is 3.12. The Morgan fingerprint density at radius 2 is 2.15 bits per heavy atom. The Kier molecular flexibility index (Phi) is 5.33. The van der Waals surface area contributed by atoms with Crippen LogP contribution in [0.4, 0.5) is 0 Å². The van der Waals surface area contributed by atoms with E-state index in [2.05, 4.69) is 28.4 Å². The highest BCUT2D eigenvalue weighted by molar-refractivity contribution is 5.28. The summed E-state index contributed by atoms with van der Waals surface area (Å²) in [5.74, 6) is 2.68. The Labute approximate surface area is 120 Å². The molecule has 0 amide bonds. The van der Waals surface area contributed by atoms with E-state index >= 15 is 0 Å². The molecule has 1 N–H and O–H groups in total. The third-order valence-corrected chi connectivity index (χ3v) is 3.12. The van der Waals surface area contributed by atoms with Crippen molar-refractivity contribution in [3.05, 3.63) is 42.2 Å². The van der Waals surface area contributed by atoms with Gasteiger partial charge < -0.3 is 5.32 Å². The minimum atomic E-state index is 0.214. The number of hydrogen-bond donors (Lipinski definition) is 1. The smallest absolute Gasteiger partial charge is 0.100 e. The number of nitrogens with one attached hydrogen (secondary N) is 1. The van der Waals surface area contributed by atoms with Crippen LogP contribution in [0, 0.1) is 12.3 Å². The van der Waals surface area contributed by atoms with Crippen LogP contribution < -0.4 is 5.32 Å². The van der Waals surface area contributed by atoms with Gasteiger partial charge in [0.1, 0.15) is 5.69 Å². The fraction of sp³-hybridized carbons (Fsp3) is 0.375. The number of unbranched alkanes of at least 4 members (excludes halogenated alkanes) is 1. The van der Waals surface area contributed by atoms with Crippen molar-refractivity contribution in [2.45, 2.75) is 32.2 Å². The van der Waals surface area contributed by atoms with E-state index in [1.54, 1.807) is 4.80 Å². The van der Waals surface area contributed by atoms with Gasteiger partial charge in [0.15, 0.2) is 0 Å². The van der Waals surface area contributed by atoms with Crippen LogP contribution in [0.2, 0.25) is 0 Å². The molecule has 0 spiro atoms. The van der Waals surface area contributed by atoms with E-state index in [0.29, 0.717) is 0 Å². The van der Waals surface area contributed by atoms with E-state index in [0.717, 1.165) is 37.2 Å². The number of hydrogen-bond acceptors (Lipinski definition) is 3. The second kappa shape index (κ2) is 7.46. The predicted molar refractivity (Wildman–Crippen MR) is 80.5 cm³/mol. The number of aromatic nitrogens is 3. The van der Waals surface area contributed by atoms with Gasteiger partial charge in [0.05, 0.1) is 17.9 Å². The zero-order valence-electron chi connectivity index (χ0n) is 11.8. The maximum Gasteiger partial charge on any atom is 0.100 e. The molecule has 0 bridgehead atoms. The lowest BCUT2D eigenvalue weighted by Crippen LogP contribution is -2.21. The Morgan fingerprint density at radius 1 is 1.35 bits per heavy atom. The normalized spacial score (nSPS) is 12.0. The minimum absolute atomic E-state index is 0.214. The zero-order valence-corrected chi connectivity index (χ0v) is 11.8. The van der Waals surface area contributed by atoms with Gasteiger partial charge in [-0.25, -0.2) is 0 Å². The first kappa shape index (κ1) is 14.3. The van der Waals surface area contributed by atoms with Gasteiger partial charge in [-0.15, -0.1) is 12.3 Å². The highest BCUT2D eigenvalue weighted by atomic mass is 15.5. The molecule has 1 aromatic heterocycles. The summed E-state index contributed by atoms with van der Waals surface area (Å²) in [7, 11) is 0. The Bertz CT molecular complexity index is 553. The summed E-state index contributed by atoms with van der Waals surface area (Å²) in [6, 6.07) is 10.1. The van der Waals surface area contributed by atoms with Crippen LogP contribution in [0.25, 0.3) is 5.69 Å². The first-order valence-electron chi connectivity index (χ1n) is 6.99. The number of benzene rings is 1. The van der Waals surface area contributed by atoms with Crippen molar-refractivity contribution in [1.29, 1.82) is 0 Å². The molecular formula is C16H20N4. The molecule has 2 rings (SSSR count). The van der Waals surface area contributed by atoms with Crippen molar-refractivity contribution in [3.63, 3.8) is 0 Å². The molecule has 1 unspecified atom stereocenters. The standard InChI is InChI=1S/C16H20N4/c1-3-5-7-12-15(17-4-2)16-13-18-20(19-16)14-10-8-6-9-11-14/h1,6,8-11,13,15,17H,4-5,7,12H2,2H3. The summed E-state index contributed by atoms with van der Waals surface area (Å²) in [5.41, 5.74) is 1.94. The summed E-state index contributed by atoms with van der Waals surface area (Å²) >= 11 is 0. The topological polar surface area (TPSA) is 42.7 Å². The molecule has 0 fully saturated rings. The van der Waals surface area contributed by atoms with Crippen molar-refractivity contribution >= 4 is 0 Å². The van der Waals surface area contributed by atoms with Crippen LogP contribution in [0.3, 0.4) is 0 Å². The van der Waals surface area contributed by atoms with Crippen LogP contribution in [0.1, 0.15) is 37.9 Å². The second-order valence-corrected chi connectivity index (χ2v) is 4.60. The van der Waals surface area contributed by atoms with Crippen LogP contribution in [-0.2, 0) is 0 Å². The molecule has 1 aromatic carbocycles. The van der Waals surface area contributed by atoms with Crippen LogP contribution in [-0.4, -0.2) is 21.5 Å². The molecular weight excluding hydrogens is 248 g/mol. The molecule has 2 aromatic rings. The number of rotatable bonds is 7. The lowest BCUT2D eigenvalue weighted by atomic mass is 10.1.